The van der Waals surface area contributed by atoms with Gasteiger partial charge >= 0.3 is 5.82 Å². The molecule has 0 fully saturated rings. The number of hydrogen-bond acceptors (Lipinski definition) is 5. The third-order valence-electron chi connectivity index (χ3n) is 2.78. The third-order valence-corrected chi connectivity index (χ3v) is 2.78. The second-order valence-electron chi connectivity index (χ2n) is 4.45. The molecule has 0 spiro atoms. The van der Waals surface area contributed by atoms with E-state index < -0.39 is 16.6 Å². The molecule has 0 unspecified atom stereocenters. The van der Waals surface area contributed by atoms with Crippen LogP contribution >= 0.6 is 0 Å². The van der Waals surface area contributed by atoms with Crippen LogP contribution < -0.4 is 5.32 Å². The lowest BCUT2D eigenvalue weighted by atomic mass is 10.1. The number of nitrogens with one attached hydrogen (secondary N) is 1. The number of unbranched alkanes of at least 4 members (excludes halogenated alkanes) is 2. The summed E-state index contributed by atoms with van der Waals surface area (Å²) in [7, 11) is 0. The van der Waals surface area contributed by atoms with E-state index in [0.29, 0.717) is 12.0 Å². The molecule has 108 valence electrons. The van der Waals surface area contributed by atoms with Crippen LogP contribution in [-0.4, -0.2) is 21.7 Å². The number of hydrogen-bond donors (Lipinski definition) is 1. The maximum absolute atomic E-state index is 11.9. The van der Waals surface area contributed by atoms with Crippen molar-refractivity contribution in [1.29, 1.82) is 0 Å². The molecule has 0 aliphatic heterocycles. The summed E-state index contributed by atoms with van der Waals surface area (Å²) in [5.74, 6) is -1.42. The SMILES string of the molecule is CCCCCC(=O)NC(=O)c1cc([N+](=O)[O-])ncc1C. The van der Waals surface area contributed by atoms with E-state index in [0.717, 1.165) is 18.9 Å². The molecule has 7 heteroatoms. The number of carbonyl (C=O) groups is 2. The van der Waals surface area contributed by atoms with Gasteiger partial charge in [-0.3, -0.25) is 14.9 Å². The summed E-state index contributed by atoms with van der Waals surface area (Å²) in [6.07, 6.45) is 4.13. The molecule has 0 radical (unpaired) electrons. The summed E-state index contributed by atoms with van der Waals surface area (Å²) in [6.45, 7) is 3.62. The first-order valence-electron chi connectivity index (χ1n) is 6.41. The Labute approximate surface area is 116 Å². The molecule has 2 amide bonds. The molecule has 0 saturated carbocycles. The van der Waals surface area contributed by atoms with Gasteiger partial charge in [0.2, 0.25) is 5.91 Å². The van der Waals surface area contributed by atoms with Gasteiger partial charge in [0.25, 0.3) is 5.91 Å². The molecule has 0 aliphatic carbocycles. The van der Waals surface area contributed by atoms with Crippen LogP contribution in [0.15, 0.2) is 12.3 Å². The largest absolute Gasteiger partial charge is 0.364 e. The zero-order valence-corrected chi connectivity index (χ0v) is 11.5. The first kappa shape index (κ1) is 15.7. The lowest BCUT2D eigenvalue weighted by molar-refractivity contribution is -0.389. The molecule has 1 rings (SSSR count). The smallest absolute Gasteiger partial charge is 0.358 e. The van der Waals surface area contributed by atoms with E-state index in [1.807, 2.05) is 6.92 Å². The molecular formula is C13H17N3O4. The van der Waals surface area contributed by atoms with Crippen LogP contribution in [0.3, 0.4) is 0 Å². The van der Waals surface area contributed by atoms with Gasteiger partial charge in [0.15, 0.2) is 0 Å². The minimum atomic E-state index is -0.681. The molecule has 0 aliphatic rings. The maximum atomic E-state index is 11.9. The monoisotopic (exact) mass is 279 g/mol. The summed E-state index contributed by atoms with van der Waals surface area (Å²) in [4.78, 5) is 37.0. The summed E-state index contributed by atoms with van der Waals surface area (Å²) in [5, 5.41) is 12.9. The number of aryl methyl sites for hydroxylation is 1. The molecule has 1 aromatic rings. The molecule has 0 atom stereocenters. The van der Waals surface area contributed by atoms with Crippen molar-refractivity contribution < 1.29 is 14.5 Å². The number of amides is 2. The highest BCUT2D eigenvalue weighted by Gasteiger charge is 2.18. The van der Waals surface area contributed by atoms with Gasteiger partial charge in [0.1, 0.15) is 6.20 Å². The van der Waals surface area contributed by atoms with Crippen molar-refractivity contribution in [3.63, 3.8) is 0 Å². The fraction of sp³-hybridized carbons (Fsp3) is 0.462. The van der Waals surface area contributed by atoms with E-state index in [4.69, 9.17) is 0 Å². The van der Waals surface area contributed by atoms with Crippen molar-refractivity contribution in [2.75, 3.05) is 0 Å². The Hall–Kier alpha value is -2.31. The van der Waals surface area contributed by atoms with E-state index >= 15 is 0 Å². The fourth-order valence-electron chi connectivity index (χ4n) is 1.65. The second kappa shape index (κ2) is 7.32. The van der Waals surface area contributed by atoms with Crippen LogP contribution in [0.5, 0.6) is 0 Å². The number of aromatic nitrogens is 1. The van der Waals surface area contributed by atoms with Crippen molar-refractivity contribution in [2.45, 2.75) is 39.5 Å². The highest BCUT2D eigenvalue weighted by atomic mass is 16.6. The van der Waals surface area contributed by atoms with Crippen LogP contribution in [-0.2, 0) is 4.79 Å². The molecule has 0 aromatic carbocycles. The zero-order valence-electron chi connectivity index (χ0n) is 11.5. The minimum Gasteiger partial charge on any atom is -0.358 e. The third kappa shape index (κ3) is 4.42. The van der Waals surface area contributed by atoms with E-state index in [9.17, 15) is 19.7 Å². The van der Waals surface area contributed by atoms with Gasteiger partial charge in [0, 0.05) is 18.1 Å². The Morgan fingerprint density at radius 2 is 2.10 bits per heavy atom. The van der Waals surface area contributed by atoms with Crippen molar-refractivity contribution >= 4 is 17.6 Å². The highest BCUT2D eigenvalue weighted by Crippen LogP contribution is 2.14. The van der Waals surface area contributed by atoms with Gasteiger partial charge in [-0.05, 0) is 23.3 Å². The van der Waals surface area contributed by atoms with Crippen molar-refractivity contribution in [2.24, 2.45) is 0 Å². The van der Waals surface area contributed by atoms with Gasteiger partial charge in [-0.2, -0.15) is 0 Å². The molecule has 1 N–H and O–H groups in total. The molecule has 0 saturated heterocycles. The number of imide groups is 1. The summed E-state index contributed by atoms with van der Waals surface area (Å²) in [5.41, 5.74) is 0.574. The standard InChI is InChI=1S/C13H17N3O4/c1-3-4-5-6-12(17)15-13(18)10-7-11(16(19)20)14-8-9(10)2/h7-8H,3-6H2,1-2H3,(H,15,17,18). The summed E-state index contributed by atoms with van der Waals surface area (Å²) < 4.78 is 0. The number of carbonyl (C=O) groups excluding carboxylic acids is 2. The number of nitrogens with zero attached hydrogens (tertiary/aromatic N) is 2. The van der Waals surface area contributed by atoms with E-state index in [2.05, 4.69) is 10.3 Å². The second-order valence-corrected chi connectivity index (χ2v) is 4.45. The molecule has 20 heavy (non-hydrogen) atoms. The van der Waals surface area contributed by atoms with Gasteiger partial charge in [-0.1, -0.05) is 19.8 Å². The molecule has 7 nitrogen and oxygen atoms in total. The molecular weight excluding hydrogens is 262 g/mol. The fourth-order valence-corrected chi connectivity index (χ4v) is 1.65. The molecule has 1 heterocycles. The number of pyridine rings is 1. The first-order chi connectivity index (χ1) is 9.45. The quantitative estimate of drug-likeness (QED) is 0.488. The molecule has 1 aromatic heterocycles. The normalized spacial score (nSPS) is 10.1. The van der Waals surface area contributed by atoms with Crippen LogP contribution in [0.4, 0.5) is 5.82 Å². The predicted molar refractivity (Wildman–Crippen MR) is 72.2 cm³/mol. The maximum Gasteiger partial charge on any atom is 0.364 e. The van der Waals surface area contributed by atoms with Crippen molar-refractivity contribution in [1.82, 2.24) is 10.3 Å². The summed E-state index contributed by atoms with van der Waals surface area (Å²) in [6, 6.07) is 1.07. The minimum absolute atomic E-state index is 0.0931. The van der Waals surface area contributed by atoms with Crippen molar-refractivity contribution in [3.05, 3.63) is 33.5 Å². The summed E-state index contributed by atoms with van der Waals surface area (Å²) >= 11 is 0. The average molecular weight is 279 g/mol. The van der Waals surface area contributed by atoms with Crippen LogP contribution in [0.1, 0.15) is 48.5 Å². The number of rotatable bonds is 6. The van der Waals surface area contributed by atoms with Crippen molar-refractivity contribution in [3.8, 4) is 0 Å². The van der Waals surface area contributed by atoms with E-state index in [1.54, 1.807) is 6.92 Å². The van der Waals surface area contributed by atoms with Crippen LogP contribution in [0, 0.1) is 17.0 Å². The predicted octanol–water partition coefficient (Wildman–Crippen LogP) is 2.13. The lowest BCUT2D eigenvalue weighted by Crippen LogP contribution is -2.30. The van der Waals surface area contributed by atoms with Crippen LogP contribution in [0.2, 0.25) is 0 Å². The average Bonchev–Trinajstić information content (AvgIpc) is 2.39. The first-order valence-corrected chi connectivity index (χ1v) is 6.41. The zero-order chi connectivity index (χ0) is 15.1. The van der Waals surface area contributed by atoms with E-state index in [1.165, 1.54) is 6.20 Å². The Morgan fingerprint density at radius 3 is 2.70 bits per heavy atom. The van der Waals surface area contributed by atoms with Gasteiger partial charge in [-0.25, -0.2) is 0 Å². The Bertz CT molecular complexity index is 528. The Balaban J connectivity index is 2.74. The van der Waals surface area contributed by atoms with E-state index in [-0.39, 0.29) is 17.9 Å². The van der Waals surface area contributed by atoms with Crippen LogP contribution in [0.25, 0.3) is 0 Å². The van der Waals surface area contributed by atoms with Gasteiger partial charge < -0.3 is 10.1 Å². The topological polar surface area (TPSA) is 102 Å². The Kier molecular flexibility index (Phi) is 5.76. The highest BCUT2D eigenvalue weighted by molar-refractivity contribution is 6.05. The number of nitro groups is 1. The van der Waals surface area contributed by atoms with Gasteiger partial charge in [-0.15, -0.1) is 0 Å². The lowest BCUT2D eigenvalue weighted by Gasteiger charge is -2.05. The molecule has 0 bridgehead atoms. The van der Waals surface area contributed by atoms with Gasteiger partial charge in [0.05, 0.1) is 5.56 Å². The Morgan fingerprint density at radius 1 is 1.40 bits per heavy atom.